The van der Waals surface area contributed by atoms with Gasteiger partial charge in [-0.2, -0.15) is 5.10 Å². The molecule has 2 aromatic heterocycles. The van der Waals surface area contributed by atoms with Crippen LogP contribution in [0.3, 0.4) is 0 Å². The Hall–Kier alpha value is -2.69. The molecule has 0 aliphatic carbocycles. The molecule has 0 aliphatic rings. The van der Waals surface area contributed by atoms with E-state index >= 15 is 0 Å². The van der Waals surface area contributed by atoms with E-state index in [0.717, 1.165) is 24.1 Å². The molecule has 1 aromatic carbocycles. The Morgan fingerprint density at radius 3 is 2.76 bits per heavy atom. The molecule has 5 nitrogen and oxygen atoms in total. The number of benzene rings is 1. The minimum absolute atomic E-state index is 0.165. The maximum atomic E-state index is 11.9. The first-order chi connectivity index (χ1) is 10.3. The van der Waals surface area contributed by atoms with Crippen LogP contribution in [0.2, 0.25) is 0 Å². The number of hydrogen-bond donors (Lipinski definition) is 1. The first-order valence-electron chi connectivity index (χ1n) is 6.96. The van der Waals surface area contributed by atoms with Crippen LogP contribution >= 0.6 is 0 Å². The van der Waals surface area contributed by atoms with Crippen molar-refractivity contribution in [2.45, 2.75) is 19.9 Å². The van der Waals surface area contributed by atoms with Crippen molar-refractivity contribution in [1.82, 2.24) is 19.7 Å². The molecular weight excluding hydrogens is 264 g/mol. The van der Waals surface area contributed by atoms with Crippen LogP contribution < -0.4 is 5.56 Å². The van der Waals surface area contributed by atoms with Crippen LogP contribution in [0.25, 0.3) is 22.6 Å². The predicted octanol–water partition coefficient (Wildman–Crippen LogP) is 2.71. The molecule has 5 heteroatoms. The number of hydrogen-bond acceptors (Lipinski definition) is 3. The van der Waals surface area contributed by atoms with Crippen LogP contribution in [0.1, 0.15) is 13.3 Å². The lowest BCUT2D eigenvalue weighted by molar-refractivity contribution is 0.603. The Labute approximate surface area is 122 Å². The lowest BCUT2D eigenvalue weighted by Gasteiger charge is -2.03. The third-order valence-corrected chi connectivity index (χ3v) is 3.17. The molecule has 0 bridgehead atoms. The van der Waals surface area contributed by atoms with E-state index in [9.17, 15) is 4.79 Å². The van der Waals surface area contributed by atoms with Gasteiger partial charge < -0.3 is 4.98 Å². The molecule has 0 saturated heterocycles. The van der Waals surface area contributed by atoms with Crippen LogP contribution in [-0.2, 0) is 6.54 Å². The van der Waals surface area contributed by atoms with Crippen molar-refractivity contribution in [1.29, 1.82) is 0 Å². The Bertz CT molecular complexity index is 789. The SMILES string of the molecule is CCCn1cc(-c2cc(=O)[nH]c(-c3ccccc3)n2)cn1. The molecule has 1 N–H and O–H groups in total. The summed E-state index contributed by atoms with van der Waals surface area (Å²) < 4.78 is 1.86. The number of nitrogens with one attached hydrogen (secondary N) is 1. The lowest BCUT2D eigenvalue weighted by Crippen LogP contribution is -2.08. The summed E-state index contributed by atoms with van der Waals surface area (Å²) in [5.74, 6) is 0.571. The summed E-state index contributed by atoms with van der Waals surface area (Å²) in [5.41, 5.74) is 2.21. The fourth-order valence-corrected chi connectivity index (χ4v) is 2.19. The van der Waals surface area contributed by atoms with Crippen molar-refractivity contribution >= 4 is 0 Å². The zero-order valence-corrected chi connectivity index (χ0v) is 11.8. The minimum atomic E-state index is -0.165. The van der Waals surface area contributed by atoms with Gasteiger partial charge in [0, 0.05) is 29.9 Å². The summed E-state index contributed by atoms with van der Waals surface area (Å²) in [4.78, 5) is 19.2. The van der Waals surface area contributed by atoms with Crippen molar-refractivity contribution in [3.05, 3.63) is 59.1 Å². The lowest BCUT2D eigenvalue weighted by atomic mass is 10.2. The van der Waals surface area contributed by atoms with E-state index in [1.807, 2.05) is 41.2 Å². The van der Waals surface area contributed by atoms with E-state index in [2.05, 4.69) is 22.0 Å². The Morgan fingerprint density at radius 2 is 2.00 bits per heavy atom. The largest absolute Gasteiger partial charge is 0.306 e. The highest BCUT2D eigenvalue weighted by Gasteiger charge is 2.07. The predicted molar refractivity (Wildman–Crippen MR) is 81.8 cm³/mol. The topological polar surface area (TPSA) is 63.6 Å². The molecule has 21 heavy (non-hydrogen) atoms. The van der Waals surface area contributed by atoms with Crippen LogP contribution in [0.15, 0.2) is 53.6 Å². The minimum Gasteiger partial charge on any atom is -0.306 e. The van der Waals surface area contributed by atoms with E-state index in [-0.39, 0.29) is 5.56 Å². The normalized spacial score (nSPS) is 10.7. The van der Waals surface area contributed by atoms with Crippen LogP contribution in [0.5, 0.6) is 0 Å². The number of rotatable bonds is 4. The highest BCUT2D eigenvalue weighted by molar-refractivity contribution is 5.62. The van der Waals surface area contributed by atoms with Gasteiger partial charge in [-0.05, 0) is 6.42 Å². The van der Waals surface area contributed by atoms with Crippen molar-refractivity contribution < 1.29 is 0 Å². The summed E-state index contributed by atoms with van der Waals surface area (Å²) in [6, 6.07) is 11.1. The van der Waals surface area contributed by atoms with Crippen molar-refractivity contribution in [3.8, 4) is 22.6 Å². The van der Waals surface area contributed by atoms with E-state index in [0.29, 0.717) is 11.5 Å². The Balaban J connectivity index is 2.03. The Kier molecular flexibility index (Phi) is 3.64. The zero-order valence-electron chi connectivity index (χ0n) is 11.8. The first kappa shape index (κ1) is 13.3. The Morgan fingerprint density at radius 1 is 1.19 bits per heavy atom. The molecule has 0 aliphatic heterocycles. The molecule has 106 valence electrons. The standard InChI is InChI=1S/C16H16N4O/c1-2-8-20-11-13(10-17-20)14-9-15(21)19-16(18-14)12-6-4-3-5-7-12/h3-7,9-11H,2,8H2,1H3,(H,18,19,21). The van der Waals surface area contributed by atoms with Gasteiger partial charge >= 0.3 is 0 Å². The van der Waals surface area contributed by atoms with E-state index in [4.69, 9.17) is 0 Å². The summed E-state index contributed by atoms with van der Waals surface area (Å²) >= 11 is 0. The second kappa shape index (κ2) is 5.75. The van der Waals surface area contributed by atoms with Gasteiger partial charge in [0.15, 0.2) is 0 Å². The summed E-state index contributed by atoms with van der Waals surface area (Å²) in [7, 11) is 0. The van der Waals surface area contributed by atoms with Crippen molar-refractivity contribution in [3.63, 3.8) is 0 Å². The van der Waals surface area contributed by atoms with Gasteiger partial charge in [0.2, 0.25) is 0 Å². The van der Waals surface area contributed by atoms with Crippen LogP contribution in [0, 0.1) is 0 Å². The molecule has 0 unspecified atom stereocenters. The smallest absolute Gasteiger partial charge is 0.251 e. The maximum Gasteiger partial charge on any atom is 0.251 e. The van der Waals surface area contributed by atoms with Crippen LogP contribution in [0.4, 0.5) is 0 Å². The number of aryl methyl sites for hydroxylation is 1. The molecule has 2 heterocycles. The third kappa shape index (κ3) is 2.91. The molecule has 0 spiro atoms. The fraction of sp³-hybridized carbons (Fsp3) is 0.188. The average Bonchev–Trinajstić information content (AvgIpc) is 2.97. The molecule has 0 saturated carbocycles. The summed E-state index contributed by atoms with van der Waals surface area (Å²) in [6.07, 6.45) is 4.67. The van der Waals surface area contributed by atoms with Crippen LogP contribution in [-0.4, -0.2) is 19.7 Å². The summed E-state index contributed by atoms with van der Waals surface area (Å²) in [6.45, 7) is 2.95. The quantitative estimate of drug-likeness (QED) is 0.799. The average molecular weight is 280 g/mol. The molecule has 3 aromatic rings. The fourth-order valence-electron chi connectivity index (χ4n) is 2.19. The monoisotopic (exact) mass is 280 g/mol. The first-order valence-corrected chi connectivity index (χ1v) is 6.96. The third-order valence-electron chi connectivity index (χ3n) is 3.17. The highest BCUT2D eigenvalue weighted by atomic mass is 16.1. The molecule has 0 fully saturated rings. The number of aromatic nitrogens is 4. The summed E-state index contributed by atoms with van der Waals surface area (Å²) in [5, 5.41) is 4.28. The number of nitrogens with zero attached hydrogens (tertiary/aromatic N) is 3. The van der Waals surface area contributed by atoms with Gasteiger partial charge in [-0.1, -0.05) is 37.3 Å². The van der Waals surface area contributed by atoms with E-state index in [1.54, 1.807) is 6.20 Å². The maximum absolute atomic E-state index is 11.9. The van der Waals surface area contributed by atoms with Gasteiger partial charge in [-0.3, -0.25) is 9.48 Å². The zero-order chi connectivity index (χ0) is 14.7. The van der Waals surface area contributed by atoms with Gasteiger partial charge in [-0.15, -0.1) is 0 Å². The molecule has 3 rings (SSSR count). The van der Waals surface area contributed by atoms with E-state index in [1.165, 1.54) is 6.07 Å². The molecule has 0 amide bonds. The second-order valence-electron chi connectivity index (χ2n) is 4.84. The van der Waals surface area contributed by atoms with Gasteiger partial charge in [0.25, 0.3) is 5.56 Å². The molecule has 0 atom stereocenters. The van der Waals surface area contributed by atoms with Gasteiger partial charge in [-0.25, -0.2) is 4.98 Å². The van der Waals surface area contributed by atoms with Gasteiger partial charge in [0.1, 0.15) is 5.82 Å². The second-order valence-corrected chi connectivity index (χ2v) is 4.84. The number of aromatic amines is 1. The highest BCUT2D eigenvalue weighted by Crippen LogP contribution is 2.18. The molecule has 0 radical (unpaired) electrons. The van der Waals surface area contributed by atoms with Gasteiger partial charge in [0.05, 0.1) is 11.9 Å². The van der Waals surface area contributed by atoms with Crippen molar-refractivity contribution in [2.75, 3.05) is 0 Å². The van der Waals surface area contributed by atoms with Crippen molar-refractivity contribution in [2.24, 2.45) is 0 Å². The van der Waals surface area contributed by atoms with E-state index < -0.39 is 0 Å². The molecular formula is C16H16N4O. The number of H-pyrrole nitrogens is 1.